The predicted octanol–water partition coefficient (Wildman–Crippen LogP) is 3.79. The van der Waals surface area contributed by atoms with Crippen LogP contribution < -0.4 is 10.2 Å². The first-order valence-corrected chi connectivity index (χ1v) is 10.7. The lowest BCUT2D eigenvalue weighted by atomic mass is 10.1. The molecule has 0 atom stereocenters. The third-order valence-electron chi connectivity index (χ3n) is 4.56. The summed E-state index contributed by atoms with van der Waals surface area (Å²) in [5.74, 6) is 0.777. The topological polar surface area (TPSA) is 81.4 Å². The number of thioether (sulfide) groups is 1. The van der Waals surface area contributed by atoms with Crippen molar-refractivity contribution in [1.82, 2.24) is 20.2 Å². The summed E-state index contributed by atoms with van der Waals surface area (Å²) in [6.45, 7) is 0.494. The number of fused-ring (bicyclic) bond motifs is 1. The van der Waals surface area contributed by atoms with Gasteiger partial charge in [-0.05, 0) is 46.2 Å². The SMILES string of the molecule is Cn1cnnc1SCC(=O)N/N=C/c1ccc(OCc2cccc3ccccc23)cc1. The summed E-state index contributed by atoms with van der Waals surface area (Å²) in [4.78, 5) is 11.9. The van der Waals surface area contributed by atoms with Crippen molar-refractivity contribution in [3.8, 4) is 5.75 Å². The highest BCUT2D eigenvalue weighted by Gasteiger charge is 2.06. The lowest BCUT2D eigenvalue weighted by Crippen LogP contribution is -2.19. The number of nitrogens with one attached hydrogen (secondary N) is 1. The molecular formula is C23H21N5O2S. The number of carbonyl (C=O) groups excluding carboxylic acids is 1. The van der Waals surface area contributed by atoms with Gasteiger partial charge in [-0.25, -0.2) is 5.43 Å². The molecule has 3 aromatic carbocycles. The Balaban J connectivity index is 1.27. The van der Waals surface area contributed by atoms with Crippen LogP contribution in [0.2, 0.25) is 0 Å². The first kappa shape index (κ1) is 20.6. The molecule has 1 heterocycles. The zero-order valence-corrected chi connectivity index (χ0v) is 17.7. The van der Waals surface area contributed by atoms with Gasteiger partial charge in [0.25, 0.3) is 5.91 Å². The number of hydrazone groups is 1. The lowest BCUT2D eigenvalue weighted by Gasteiger charge is -2.09. The van der Waals surface area contributed by atoms with Crippen molar-refractivity contribution >= 4 is 34.7 Å². The summed E-state index contributed by atoms with van der Waals surface area (Å²) < 4.78 is 7.70. The van der Waals surface area contributed by atoms with Crippen LogP contribution in [0.3, 0.4) is 0 Å². The number of aromatic nitrogens is 3. The van der Waals surface area contributed by atoms with Crippen molar-refractivity contribution in [3.05, 3.63) is 84.2 Å². The lowest BCUT2D eigenvalue weighted by molar-refractivity contribution is -0.118. The van der Waals surface area contributed by atoms with Crippen LogP contribution in [0.25, 0.3) is 10.8 Å². The molecule has 7 nitrogen and oxygen atoms in total. The maximum absolute atomic E-state index is 11.9. The van der Waals surface area contributed by atoms with Gasteiger partial charge in [0.05, 0.1) is 12.0 Å². The molecule has 4 aromatic rings. The highest BCUT2D eigenvalue weighted by Crippen LogP contribution is 2.21. The molecule has 156 valence electrons. The Bertz CT molecular complexity index is 1200. The van der Waals surface area contributed by atoms with Crippen LogP contribution in [0.4, 0.5) is 0 Å². The van der Waals surface area contributed by atoms with Gasteiger partial charge in [-0.3, -0.25) is 4.79 Å². The third kappa shape index (κ3) is 5.49. The summed E-state index contributed by atoms with van der Waals surface area (Å²) in [6.07, 6.45) is 3.19. The Morgan fingerprint density at radius 2 is 1.94 bits per heavy atom. The summed E-state index contributed by atoms with van der Waals surface area (Å²) in [6, 6.07) is 22.0. The number of aryl methyl sites for hydroxylation is 1. The molecule has 31 heavy (non-hydrogen) atoms. The first-order chi connectivity index (χ1) is 15.2. The number of hydrogen-bond acceptors (Lipinski definition) is 6. The van der Waals surface area contributed by atoms with Gasteiger partial charge in [-0.1, -0.05) is 54.2 Å². The third-order valence-corrected chi connectivity index (χ3v) is 5.59. The molecule has 4 rings (SSSR count). The molecule has 1 N–H and O–H groups in total. The molecule has 0 bridgehead atoms. The fourth-order valence-corrected chi connectivity index (χ4v) is 3.65. The average Bonchev–Trinajstić information content (AvgIpc) is 3.22. The van der Waals surface area contributed by atoms with Crippen molar-refractivity contribution in [2.75, 3.05) is 5.75 Å². The van der Waals surface area contributed by atoms with E-state index in [0.29, 0.717) is 11.8 Å². The van der Waals surface area contributed by atoms with Gasteiger partial charge in [-0.15, -0.1) is 10.2 Å². The van der Waals surface area contributed by atoms with E-state index in [4.69, 9.17) is 4.74 Å². The minimum atomic E-state index is -0.209. The molecule has 0 unspecified atom stereocenters. The number of nitrogens with zero attached hydrogens (tertiary/aromatic N) is 4. The van der Waals surface area contributed by atoms with Gasteiger partial charge in [0.2, 0.25) is 0 Å². The smallest absolute Gasteiger partial charge is 0.250 e. The molecule has 0 radical (unpaired) electrons. The van der Waals surface area contributed by atoms with Crippen LogP contribution in [-0.2, 0) is 18.4 Å². The Morgan fingerprint density at radius 1 is 1.13 bits per heavy atom. The Morgan fingerprint density at radius 3 is 2.74 bits per heavy atom. The molecule has 0 aliphatic heterocycles. The molecule has 1 aromatic heterocycles. The summed E-state index contributed by atoms with van der Waals surface area (Å²) in [5.41, 5.74) is 4.52. The first-order valence-electron chi connectivity index (χ1n) is 9.67. The number of hydrogen-bond donors (Lipinski definition) is 1. The highest BCUT2D eigenvalue weighted by molar-refractivity contribution is 7.99. The van der Waals surface area contributed by atoms with E-state index in [0.717, 1.165) is 16.9 Å². The van der Waals surface area contributed by atoms with Crippen molar-refractivity contribution in [1.29, 1.82) is 0 Å². The minimum Gasteiger partial charge on any atom is -0.489 e. The van der Waals surface area contributed by atoms with Crippen molar-refractivity contribution < 1.29 is 9.53 Å². The van der Waals surface area contributed by atoms with Crippen LogP contribution in [0.5, 0.6) is 5.75 Å². The number of benzene rings is 3. The number of ether oxygens (including phenoxy) is 1. The Hall–Kier alpha value is -3.65. The Labute approximate surface area is 184 Å². The van der Waals surface area contributed by atoms with Gasteiger partial charge in [-0.2, -0.15) is 5.10 Å². The second kappa shape index (κ2) is 9.90. The highest BCUT2D eigenvalue weighted by atomic mass is 32.2. The molecule has 0 saturated carbocycles. The zero-order valence-electron chi connectivity index (χ0n) is 16.9. The van der Waals surface area contributed by atoms with Crippen LogP contribution in [-0.4, -0.2) is 32.6 Å². The van der Waals surface area contributed by atoms with E-state index in [1.807, 2.05) is 49.5 Å². The van der Waals surface area contributed by atoms with Gasteiger partial charge in [0.15, 0.2) is 5.16 Å². The Kier molecular flexibility index (Phi) is 6.59. The number of carbonyl (C=O) groups is 1. The standard InChI is InChI=1S/C23H21N5O2S/c1-28-16-25-27-23(28)31-15-22(29)26-24-13-17-9-11-20(12-10-17)30-14-19-7-4-6-18-5-2-3-8-21(18)19/h2-13,16H,14-15H2,1H3,(H,26,29)/b24-13+. The van der Waals surface area contributed by atoms with Gasteiger partial charge < -0.3 is 9.30 Å². The summed E-state index contributed by atoms with van der Waals surface area (Å²) in [7, 11) is 1.83. The van der Waals surface area contributed by atoms with Crippen LogP contribution in [0.1, 0.15) is 11.1 Å². The van der Waals surface area contributed by atoms with E-state index < -0.39 is 0 Å². The molecule has 0 saturated heterocycles. The van der Waals surface area contributed by atoms with Gasteiger partial charge in [0, 0.05) is 7.05 Å². The zero-order chi connectivity index (χ0) is 21.5. The quantitative estimate of drug-likeness (QED) is 0.261. The molecule has 0 aliphatic carbocycles. The molecular weight excluding hydrogens is 410 g/mol. The molecule has 0 spiro atoms. The predicted molar refractivity (Wildman–Crippen MR) is 122 cm³/mol. The minimum absolute atomic E-state index is 0.209. The van der Waals surface area contributed by atoms with E-state index in [9.17, 15) is 4.79 Å². The monoisotopic (exact) mass is 431 g/mol. The second-order valence-corrected chi connectivity index (χ2v) is 7.74. The normalized spacial score (nSPS) is 11.1. The fraction of sp³-hybridized carbons (Fsp3) is 0.130. The molecule has 0 fully saturated rings. The van der Waals surface area contributed by atoms with Crippen molar-refractivity contribution in [2.24, 2.45) is 12.1 Å². The molecule has 0 aliphatic rings. The van der Waals surface area contributed by atoms with E-state index in [1.54, 1.807) is 17.1 Å². The van der Waals surface area contributed by atoms with Crippen LogP contribution >= 0.6 is 11.8 Å². The van der Waals surface area contributed by atoms with E-state index in [2.05, 4.69) is 45.0 Å². The maximum Gasteiger partial charge on any atom is 0.250 e. The molecule has 8 heteroatoms. The van der Waals surface area contributed by atoms with Crippen LogP contribution in [0, 0.1) is 0 Å². The maximum atomic E-state index is 11.9. The number of rotatable bonds is 8. The average molecular weight is 432 g/mol. The summed E-state index contributed by atoms with van der Waals surface area (Å²) in [5, 5.41) is 14.8. The van der Waals surface area contributed by atoms with E-state index in [-0.39, 0.29) is 11.7 Å². The second-order valence-electron chi connectivity index (χ2n) is 6.80. The van der Waals surface area contributed by atoms with Gasteiger partial charge >= 0.3 is 0 Å². The summed E-state index contributed by atoms with van der Waals surface area (Å²) >= 11 is 1.30. The number of amides is 1. The van der Waals surface area contributed by atoms with Crippen LogP contribution in [0.15, 0.2) is 83.3 Å². The van der Waals surface area contributed by atoms with Crippen molar-refractivity contribution in [3.63, 3.8) is 0 Å². The molecule has 1 amide bonds. The largest absolute Gasteiger partial charge is 0.489 e. The van der Waals surface area contributed by atoms with E-state index in [1.165, 1.54) is 22.5 Å². The van der Waals surface area contributed by atoms with Gasteiger partial charge in [0.1, 0.15) is 18.7 Å². The van der Waals surface area contributed by atoms with E-state index >= 15 is 0 Å². The fourth-order valence-electron chi connectivity index (χ4n) is 2.97. The van der Waals surface area contributed by atoms with Crippen molar-refractivity contribution in [2.45, 2.75) is 11.8 Å².